The number of rotatable bonds is 8. The molecule has 9 nitrogen and oxygen atoms in total. The first-order valence-electron chi connectivity index (χ1n) is 9.01. The minimum Gasteiger partial charge on any atom is -0.325 e. The molecule has 2 amide bonds. The smallest absolute Gasteiger partial charge is 0.257 e. The monoisotopic (exact) mass is 495 g/mol. The maximum Gasteiger partial charge on any atom is 0.257 e. The predicted octanol–water partition coefficient (Wildman–Crippen LogP) is 2.91. The Bertz CT molecular complexity index is 1210. The summed E-state index contributed by atoms with van der Waals surface area (Å²) in [5.41, 5.74) is 0.734. The summed E-state index contributed by atoms with van der Waals surface area (Å²) in [7, 11) is -0.733. The zero-order valence-electron chi connectivity index (χ0n) is 16.9. The van der Waals surface area contributed by atoms with Crippen LogP contribution in [0.3, 0.4) is 0 Å². The number of amides is 2. The van der Waals surface area contributed by atoms with E-state index in [1.54, 1.807) is 0 Å². The van der Waals surface area contributed by atoms with E-state index in [0.717, 1.165) is 27.4 Å². The van der Waals surface area contributed by atoms with E-state index in [-0.39, 0.29) is 27.3 Å². The summed E-state index contributed by atoms with van der Waals surface area (Å²) >= 11 is 2.23. The molecule has 0 radical (unpaired) electrons. The van der Waals surface area contributed by atoms with Gasteiger partial charge in [-0.05, 0) is 48.5 Å². The first kappa shape index (κ1) is 23.8. The number of aromatic nitrogens is 2. The molecule has 2 aromatic carbocycles. The molecule has 0 atom stereocenters. The van der Waals surface area contributed by atoms with E-state index < -0.39 is 21.7 Å². The third-order valence-electron chi connectivity index (χ3n) is 3.98. The summed E-state index contributed by atoms with van der Waals surface area (Å²) < 4.78 is 38.7. The lowest BCUT2D eigenvalue weighted by molar-refractivity contribution is -0.113. The van der Waals surface area contributed by atoms with E-state index >= 15 is 0 Å². The van der Waals surface area contributed by atoms with Gasteiger partial charge in [0, 0.05) is 25.3 Å². The molecule has 32 heavy (non-hydrogen) atoms. The highest BCUT2D eigenvalue weighted by atomic mass is 32.2. The van der Waals surface area contributed by atoms with Gasteiger partial charge < -0.3 is 5.32 Å². The fourth-order valence-electron chi connectivity index (χ4n) is 2.33. The van der Waals surface area contributed by atoms with Crippen molar-refractivity contribution in [1.29, 1.82) is 0 Å². The summed E-state index contributed by atoms with van der Waals surface area (Å²) in [6, 6.07) is 10.9. The van der Waals surface area contributed by atoms with Crippen molar-refractivity contribution < 1.29 is 22.4 Å². The lowest BCUT2D eigenvalue weighted by Crippen LogP contribution is -2.22. The summed E-state index contributed by atoms with van der Waals surface area (Å²) in [4.78, 5) is 24.5. The fraction of sp³-hybridized carbons (Fsp3) is 0.158. The Morgan fingerprint density at radius 1 is 1.03 bits per heavy atom. The molecule has 0 aliphatic carbocycles. The number of benzene rings is 2. The van der Waals surface area contributed by atoms with Gasteiger partial charge in [0.15, 0.2) is 4.34 Å². The molecule has 0 bridgehead atoms. The highest BCUT2D eigenvalue weighted by Crippen LogP contribution is 2.26. The van der Waals surface area contributed by atoms with Crippen LogP contribution in [0.25, 0.3) is 0 Å². The molecule has 0 aliphatic heterocycles. The van der Waals surface area contributed by atoms with Crippen molar-refractivity contribution >= 4 is 55.8 Å². The van der Waals surface area contributed by atoms with Gasteiger partial charge in [0.1, 0.15) is 5.82 Å². The second-order valence-electron chi connectivity index (χ2n) is 6.48. The third kappa shape index (κ3) is 6.09. The maximum absolute atomic E-state index is 12.9. The molecule has 0 spiro atoms. The van der Waals surface area contributed by atoms with Gasteiger partial charge in [-0.2, -0.15) is 0 Å². The lowest BCUT2D eigenvalue weighted by atomic mass is 10.2. The van der Waals surface area contributed by atoms with Crippen molar-refractivity contribution in [2.45, 2.75) is 9.24 Å². The van der Waals surface area contributed by atoms with Crippen molar-refractivity contribution in [1.82, 2.24) is 14.5 Å². The molecule has 0 saturated carbocycles. The molecule has 3 rings (SSSR count). The molecular weight excluding hydrogens is 477 g/mol. The Kier molecular flexibility index (Phi) is 7.56. The average molecular weight is 496 g/mol. The zero-order valence-corrected chi connectivity index (χ0v) is 19.4. The predicted molar refractivity (Wildman–Crippen MR) is 121 cm³/mol. The van der Waals surface area contributed by atoms with Crippen LogP contribution in [0.4, 0.5) is 15.2 Å². The average Bonchev–Trinajstić information content (AvgIpc) is 3.21. The number of carbonyl (C=O) groups is 2. The Labute approximate surface area is 192 Å². The van der Waals surface area contributed by atoms with Crippen LogP contribution in [0.2, 0.25) is 0 Å². The first-order chi connectivity index (χ1) is 15.1. The van der Waals surface area contributed by atoms with Crippen LogP contribution in [-0.2, 0) is 14.8 Å². The fourth-order valence-corrected chi connectivity index (χ4v) is 4.78. The number of nitrogens with one attached hydrogen (secondary N) is 2. The van der Waals surface area contributed by atoms with Crippen molar-refractivity contribution in [3.05, 3.63) is 59.9 Å². The van der Waals surface area contributed by atoms with Crippen molar-refractivity contribution in [2.24, 2.45) is 0 Å². The van der Waals surface area contributed by atoms with E-state index in [9.17, 15) is 22.4 Å². The van der Waals surface area contributed by atoms with Crippen LogP contribution in [0.1, 0.15) is 10.4 Å². The SMILES string of the molecule is CN(C)S(=O)(=O)c1ccc(C(=O)Nc2nnc(SCC(=O)Nc3ccc(F)cc3)s2)cc1. The van der Waals surface area contributed by atoms with Crippen molar-refractivity contribution in [2.75, 3.05) is 30.5 Å². The van der Waals surface area contributed by atoms with Gasteiger partial charge in [0.25, 0.3) is 5.91 Å². The Morgan fingerprint density at radius 3 is 2.31 bits per heavy atom. The minimum absolute atomic E-state index is 0.0573. The first-order valence-corrected chi connectivity index (χ1v) is 12.2. The molecular formula is C19H18FN5O4S3. The summed E-state index contributed by atoms with van der Waals surface area (Å²) in [5.74, 6) is -1.10. The molecule has 1 aromatic heterocycles. The highest BCUT2D eigenvalue weighted by Gasteiger charge is 2.18. The van der Waals surface area contributed by atoms with Gasteiger partial charge in [0.05, 0.1) is 10.6 Å². The molecule has 13 heteroatoms. The van der Waals surface area contributed by atoms with Gasteiger partial charge in [-0.3, -0.25) is 14.9 Å². The van der Waals surface area contributed by atoms with Gasteiger partial charge in [-0.1, -0.05) is 23.1 Å². The molecule has 3 aromatic rings. The standard InChI is InChI=1S/C19H18FN5O4S3/c1-25(2)32(28,29)15-9-3-12(4-10-15)17(27)22-18-23-24-19(31-18)30-11-16(26)21-14-7-5-13(20)6-8-14/h3-10H,11H2,1-2H3,(H,21,26)(H,22,23,27). The number of hydrogen-bond donors (Lipinski definition) is 2. The summed E-state index contributed by atoms with van der Waals surface area (Å²) in [6.07, 6.45) is 0. The van der Waals surface area contributed by atoms with Crippen LogP contribution in [0.5, 0.6) is 0 Å². The van der Waals surface area contributed by atoms with Crippen molar-refractivity contribution in [3.63, 3.8) is 0 Å². The normalized spacial score (nSPS) is 11.4. The molecule has 0 unspecified atom stereocenters. The second kappa shape index (κ2) is 10.2. The highest BCUT2D eigenvalue weighted by molar-refractivity contribution is 8.01. The van der Waals surface area contributed by atoms with Gasteiger partial charge in [0.2, 0.25) is 21.1 Å². The van der Waals surface area contributed by atoms with E-state index in [1.165, 1.54) is 62.6 Å². The van der Waals surface area contributed by atoms with Crippen LogP contribution >= 0.6 is 23.1 Å². The number of hydrogen-bond acceptors (Lipinski definition) is 8. The quantitative estimate of drug-likeness (QED) is 0.364. The molecule has 0 fully saturated rings. The van der Waals surface area contributed by atoms with Crippen LogP contribution in [-0.4, -0.2) is 54.6 Å². The Balaban J connectivity index is 1.53. The van der Waals surface area contributed by atoms with Gasteiger partial charge in [-0.25, -0.2) is 17.1 Å². The van der Waals surface area contributed by atoms with E-state index in [4.69, 9.17) is 0 Å². The molecule has 2 N–H and O–H groups in total. The Morgan fingerprint density at radius 2 is 1.69 bits per heavy atom. The summed E-state index contributed by atoms with van der Waals surface area (Å²) in [6.45, 7) is 0. The van der Waals surface area contributed by atoms with E-state index in [0.29, 0.717) is 10.0 Å². The third-order valence-corrected chi connectivity index (χ3v) is 7.78. The number of anilines is 2. The Hall–Kier alpha value is -2.87. The number of thioether (sulfide) groups is 1. The zero-order chi connectivity index (χ0) is 23.3. The van der Waals surface area contributed by atoms with Crippen LogP contribution in [0, 0.1) is 5.82 Å². The number of carbonyl (C=O) groups excluding carboxylic acids is 2. The minimum atomic E-state index is -3.58. The largest absolute Gasteiger partial charge is 0.325 e. The van der Waals surface area contributed by atoms with E-state index in [1.807, 2.05) is 0 Å². The molecule has 168 valence electrons. The molecule has 1 heterocycles. The lowest BCUT2D eigenvalue weighted by Gasteiger charge is -2.11. The molecule has 0 saturated heterocycles. The summed E-state index contributed by atoms with van der Waals surface area (Å²) in [5, 5.41) is 13.3. The number of halogens is 1. The van der Waals surface area contributed by atoms with Gasteiger partial charge in [-0.15, -0.1) is 10.2 Å². The topological polar surface area (TPSA) is 121 Å². The molecule has 0 aliphatic rings. The van der Waals surface area contributed by atoms with Gasteiger partial charge >= 0.3 is 0 Å². The number of nitrogens with zero attached hydrogens (tertiary/aromatic N) is 3. The van der Waals surface area contributed by atoms with Crippen molar-refractivity contribution in [3.8, 4) is 0 Å². The van der Waals surface area contributed by atoms with Crippen LogP contribution in [0.15, 0.2) is 57.8 Å². The van der Waals surface area contributed by atoms with Crippen LogP contribution < -0.4 is 10.6 Å². The number of sulfonamides is 1. The second-order valence-corrected chi connectivity index (χ2v) is 10.8. The maximum atomic E-state index is 12.9. The van der Waals surface area contributed by atoms with E-state index in [2.05, 4.69) is 20.8 Å².